The van der Waals surface area contributed by atoms with Crippen molar-refractivity contribution >= 4 is 34.5 Å². The Bertz CT molecular complexity index is 1810. The number of phenolic OH excluding ortho intramolecular Hbond substituents is 1. The van der Waals surface area contributed by atoms with Gasteiger partial charge in [-0.2, -0.15) is 10.2 Å². The third kappa shape index (κ3) is 6.49. The minimum absolute atomic E-state index is 0.0727. The molecule has 1 saturated heterocycles. The van der Waals surface area contributed by atoms with Crippen LogP contribution in [0.2, 0.25) is 10.0 Å². The zero-order valence-electron chi connectivity index (χ0n) is 22.8. The molecule has 5 heterocycles. The SMILES string of the molecule is Clc1cc(-c2cnc3ccnn3c2)ccc1OCCN1CCCCC1.Oc1ccc(-c2cnc3ccnn3c2)cc1Cl. The smallest absolute Gasteiger partial charge is 0.154 e. The summed E-state index contributed by atoms with van der Waals surface area (Å²) in [4.78, 5) is 11.1. The lowest BCUT2D eigenvalue weighted by molar-refractivity contribution is 0.183. The average molecular weight is 603 g/mol. The molecule has 0 atom stereocenters. The van der Waals surface area contributed by atoms with E-state index in [0.29, 0.717) is 16.7 Å². The molecule has 6 aromatic rings. The molecule has 4 aromatic heterocycles. The van der Waals surface area contributed by atoms with E-state index in [4.69, 9.17) is 27.9 Å². The lowest BCUT2D eigenvalue weighted by atomic mass is 10.1. The molecule has 0 saturated carbocycles. The van der Waals surface area contributed by atoms with Crippen molar-refractivity contribution < 1.29 is 9.84 Å². The second-order valence-corrected chi connectivity index (χ2v) is 10.8. The maximum absolute atomic E-state index is 9.36. The van der Waals surface area contributed by atoms with E-state index >= 15 is 0 Å². The number of aromatic nitrogens is 6. The van der Waals surface area contributed by atoms with E-state index in [9.17, 15) is 5.11 Å². The summed E-state index contributed by atoms with van der Waals surface area (Å²) in [7, 11) is 0. The van der Waals surface area contributed by atoms with Crippen molar-refractivity contribution in [2.75, 3.05) is 26.2 Å². The molecule has 1 N–H and O–H groups in total. The number of benzene rings is 2. The highest BCUT2D eigenvalue weighted by molar-refractivity contribution is 6.32. The first-order chi connectivity index (χ1) is 20.5. The van der Waals surface area contributed by atoms with Gasteiger partial charge in [-0.25, -0.2) is 19.0 Å². The first-order valence-electron chi connectivity index (χ1n) is 13.8. The third-order valence-electron chi connectivity index (χ3n) is 7.15. The highest BCUT2D eigenvalue weighted by Gasteiger charge is 2.11. The number of hydrogen-bond donors (Lipinski definition) is 1. The molecule has 214 valence electrons. The van der Waals surface area contributed by atoms with Crippen molar-refractivity contribution in [1.29, 1.82) is 0 Å². The molecule has 7 rings (SSSR count). The fourth-order valence-electron chi connectivity index (χ4n) is 4.87. The number of ether oxygens (including phenoxy) is 1. The van der Waals surface area contributed by atoms with Crippen LogP contribution < -0.4 is 4.74 Å². The van der Waals surface area contributed by atoms with E-state index in [1.807, 2.05) is 48.9 Å². The van der Waals surface area contributed by atoms with Crippen molar-refractivity contribution in [3.63, 3.8) is 0 Å². The van der Waals surface area contributed by atoms with Gasteiger partial charge in [-0.05, 0) is 61.3 Å². The lowest BCUT2D eigenvalue weighted by Gasteiger charge is -2.26. The summed E-state index contributed by atoms with van der Waals surface area (Å²) in [6, 6.07) is 14.6. The second-order valence-electron chi connectivity index (χ2n) is 10.0. The quantitative estimate of drug-likeness (QED) is 0.228. The Kier molecular flexibility index (Phi) is 8.50. The molecule has 2 aromatic carbocycles. The van der Waals surface area contributed by atoms with E-state index < -0.39 is 0 Å². The van der Waals surface area contributed by atoms with E-state index in [1.54, 1.807) is 45.8 Å². The Morgan fingerprint density at radius 1 is 0.714 bits per heavy atom. The van der Waals surface area contributed by atoms with Gasteiger partial charge in [-0.3, -0.25) is 4.90 Å². The first kappa shape index (κ1) is 28.0. The van der Waals surface area contributed by atoms with Crippen LogP contribution in [0, 0.1) is 0 Å². The largest absolute Gasteiger partial charge is 0.506 e. The maximum Gasteiger partial charge on any atom is 0.154 e. The molecule has 11 heteroatoms. The number of fused-ring (bicyclic) bond motifs is 2. The van der Waals surface area contributed by atoms with Crippen LogP contribution >= 0.6 is 23.2 Å². The van der Waals surface area contributed by atoms with Crippen LogP contribution in [0.5, 0.6) is 11.5 Å². The number of aromatic hydroxyl groups is 1. The Balaban J connectivity index is 0.000000162. The maximum atomic E-state index is 9.36. The molecule has 1 aliphatic rings. The number of likely N-dealkylation sites (tertiary alicyclic amines) is 1. The van der Waals surface area contributed by atoms with E-state index in [1.165, 1.54) is 32.4 Å². The topological polar surface area (TPSA) is 93.1 Å². The highest BCUT2D eigenvalue weighted by Crippen LogP contribution is 2.31. The number of rotatable bonds is 6. The molecule has 0 spiro atoms. The zero-order chi connectivity index (χ0) is 28.9. The van der Waals surface area contributed by atoms with Gasteiger partial charge in [0.05, 0.1) is 22.4 Å². The Hall–Kier alpha value is -4.18. The molecule has 0 bridgehead atoms. The molecule has 0 radical (unpaired) electrons. The minimum atomic E-state index is 0.0727. The van der Waals surface area contributed by atoms with Gasteiger partial charge in [0, 0.05) is 54.6 Å². The Morgan fingerprint density at radius 3 is 1.90 bits per heavy atom. The van der Waals surface area contributed by atoms with Crippen molar-refractivity contribution in [3.8, 4) is 33.8 Å². The summed E-state index contributed by atoms with van der Waals surface area (Å²) in [6.45, 7) is 3.98. The van der Waals surface area contributed by atoms with Crippen LogP contribution in [0.4, 0.5) is 0 Å². The predicted octanol–water partition coefficient (Wildman–Crippen LogP) is 6.67. The van der Waals surface area contributed by atoms with Gasteiger partial charge in [-0.15, -0.1) is 0 Å². The molecule has 0 unspecified atom stereocenters. The minimum Gasteiger partial charge on any atom is -0.506 e. The average Bonchev–Trinajstić information content (AvgIpc) is 3.69. The summed E-state index contributed by atoms with van der Waals surface area (Å²) >= 11 is 12.3. The molecule has 1 aliphatic heterocycles. The molecule has 9 nitrogen and oxygen atoms in total. The van der Waals surface area contributed by atoms with Crippen molar-refractivity contribution in [3.05, 3.63) is 95.8 Å². The first-order valence-corrected chi connectivity index (χ1v) is 14.5. The number of piperidine rings is 1. The van der Waals surface area contributed by atoms with Gasteiger partial charge in [-0.1, -0.05) is 41.8 Å². The van der Waals surface area contributed by atoms with Crippen LogP contribution in [0.3, 0.4) is 0 Å². The standard InChI is InChI=1S/C19H21ClN4O.C12H8ClN3O/c20-17-12-15(16-13-21-19-6-7-22-24(19)14-16)4-5-18(17)25-11-10-23-8-2-1-3-9-23;13-10-5-8(1-2-11(10)17)9-6-14-12-3-4-15-16(12)7-9/h4-7,12-14H,1-3,8-11H2;1-7,17H. The van der Waals surface area contributed by atoms with Crippen LogP contribution in [0.15, 0.2) is 85.7 Å². The molecule has 0 aliphatic carbocycles. The normalized spacial score (nSPS) is 13.7. The van der Waals surface area contributed by atoms with Crippen molar-refractivity contribution in [2.45, 2.75) is 19.3 Å². The van der Waals surface area contributed by atoms with Gasteiger partial charge < -0.3 is 9.84 Å². The van der Waals surface area contributed by atoms with E-state index in [0.717, 1.165) is 45.8 Å². The zero-order valence-corrected chi connectivity index (χ0v) is 24.3. The summed E-state index contributed by atoms with van der Waals surface area (Å²) in [5.74, 6) is 0.805. The molecule has 0 amide bonds. The number of phenols is 1. The van der Waals surface area contributed by atoms with Crippen molar-refractivity contribution in [2.24, 2.45) is 0 Å². The summed E-state index contributed by atoms with van der Waals surface area (Å²) in [5.41, 5.74) is 5.36. The Labute approximate surface area is 252 Å². The van der Waals surface area contributed by atoms with Crippen LogP contribution in [-0.2, 0) is 0 Å². The fraction of sp³-hybridized carbons (Fsp3) is 0.226. The second kappa shape index (κ2) is 12.8. The molecular formula is C31H29Cl2N7O2. The van der Waals surface area contributed by atoms with E-state index in [2.05, 4.69) is 25.1 Å². The number of halogens is 2. The van der Waals surface area contributed by atoms with Gasteiger partial charge in [0.15, 0.2) is 11.3 Å². The highest BCUT2D eigenvalue weighted by atomic mass is 35.5. The van der Waals surface area contributed by atoms with Gasteiger partial charge in [0.1, 0.15) is 18.1 Å². The van der Waals surface area contributed by atoms with Gasteiger partial charge in [0.25, 0.3) is 0 Å². The monoisotopic (exact) mass is 601 g/mol. The lowest BCUT2D eigenvalue weighted by Crippen LogP contribution is -2.33. The van der Waals surface area contributed by atoms with Gasteiger partial charge in [0.2, 0.25) is 0 Å². The number of nitrogens with zero attached hydrogens (tertiary/aromatic N) is 7. The summed E-state index contributed by atoms with van der Waals surface area (Å²) in [5, 5.41) is 18.6. The van der Waals surface area contributed by atoms with Crippen LogP contribution in [-0.4, -0.2) is 65.4 Å². The molecule has 1 fully saturated rings. The Morgan fingerprint density at radius 2 is 1.31 bits per heavy atom. The van der Waals surface area contributed by atoms with E-state index in [-0.39, 0.29) is 5.75 Å². The molecule has 42 heavy (non-hydrogen) atoms. The van der Waals surface area contributed by atoms with Crippen molar-refractivity contribution in [1.82, 2.24) is 34.1 Å². The summed E-state index contributed by atoms with van der Waals surface area (Å²) in [6.07, 6.45) is 14.8. The third-order valence-corrected chi connectivity index (χ3v) is 7.75. The summed E-state index contributed by atoms with van der Waals surface area (Å²) < 4.78 is 9.33. The molecular weight excluding hydrogens is 573 g/mol. The van der Waals surface area contributed by atoms with Gasteiger partial charge >= 0.3 is 0 Å². The predicted molar refractivity (Wildman–Crippen MR) is 164 cm³/mol. The number of hydrogen-bond acceptors (Lipinski definition) is 7. The fourth-order valence-corrected chi connectivity index (χ4v) is 5.28. The van der Waals surface area contributed by atoms with Crippen LogP contribution in [0.1, 0.15) is 19.3 Å². The van der Waals surface area contributed by atoms with Crippen LogP contribution in [0.25, 0.3) is 33.5 Å².